The molecule has 0 aliphatic rings. The SMILES string of the molecule is CCc1ccccc1NC(=O)c1ccc(OCCOc2ccccc2)cc1. The van der Waals surface area contributed by atoms with Crippen molar-refractivity contribution >= 4 is 11.6 Å². The second-order valence-electron chi connectivity index (χ2n) is 6.00. The third-order valence-electron chi connectivity index (χ3n) is 4.13. The lowest BCUT2D eigenvalue weighted by atomic mass is 10.1. The standard InChI is InChI=1S/C23H23NO3/c1-2-18-8-6-7-11-22(18)24-23(25)19-12-14-21(15-13-19)27-17-16-26-20-9-4-3-5-10-20/h3-15H,2,16-17H2,1H3,(H,24,25). The molecule has 0 radical (unpaired) electrons. The Morgan fingerprint density at radius 3 is 2.04 bits per heavy atom. The van der Waals surface area contributed by atoms with Gasteiger partial charge in [-0.15, -0.1) is 0 Å². The number of anilines is 1. The van der Waals surface area contributed by atoms with E-state index in [1.165, 1.54) is 0 Å². The molecule has 0 unspecified atom stereocenters. The van der Waals surface area contributed by atoms with Crippen LogP contribution in [0.3, 0.4) is 0 Å². The maximum atomic E-state index is 12.4. The maximum absolute atomic E-state index is 12.4. The summed E-state index contributed by atoms with van der Waals surface area (Å²) >= 11 is 0. The first kappa shape index (κ1) is 18.5. The molecule has 0 heterocycles. The van der Waals surface area contributed by atoms with E-state index in [0.29, 0.717) is 24.5 Å². The Kier molecular flexibility index (Phi) is 6.47. The van der Waals surface area contributed by atoms with Crippen LogP contribution >= 0.6 is 0 Å². The number of hydrogen-bond acceptors (Lipinski definition) is 3. The minimum atomic E-state index is -0.130. The van der Waals surface area contributed by atoms with Crippen molar-refractivity contribution in [3.8, 4) is 11.5 Å². The summed E-state index contributed by atoms with van der Waals surface area (Å²) < 4.78 is 11.2. The third kappa shape index (κ3) is 5.35. The summed E-state index contributed by atoms with van der Waals surface area (Å²) in [7, 11) is 0. The van der Waals surface area contributed by atoms with Crippen LogP contribution in [0, 0.1) is 0 Å². The van der Waals surface area contributed by atoms with Crippen molar-refractivity contribution in [2.24, 2.45) is 0 Å². The minimum Gasteiger partial charge on any atom is -0.490 e. The highest BCUT2D eigenvalue weighted by atomic mass is 16.5. The predicted octanol–water partition coefficient (Wildman–Crippen LogP) is 4.96. The first-order valence-electron chi connectivity index (χ1n) is 9.06. The Morgan fingerprint density at radius 2 is 1.37 bits per heavy atom. The molecule has 3 aromatic carbocycles. The molecular formula is C23H23NO3. The molecule has 0 saturated heterocycles. The molecule has 4 heteroatoms. The smallest absolute Gasteiger partial charge is 0.255 e. The van der Waals surface area contributed by atoms with Crippen LogP contribution in [0.4, 0.5) is 5.69 Å². The summed E-state index contributed by atoms with van der Waals surface area (Å²) in [6.45, 7) is 2.96. The molecule has 0 atom stereocenters. The van der Waals surface area contributed by atoms with Crippen LogP contribution in [0.15, 0.2) is 78.9 Å². The Morgan fingerprint density at radius 1 is 0.778 bits per heavy atom. The lowest BCUT2D eigenvalue weighted by Crippen LogP contribution is -2.13. The molecule has 0 spiro atoms. The summed E-state index contributed by atoms with van der Waals surface area (Å²) in [6, 6.07) is 24.6. The zero-order valence-electron chi connectivity index (χ0n) is 15.4. The molecule has 27 heavy (non-hydrogen) atoms. The highest BCUT2D eigenvalue weighted by Gasteiger charge is 2.08. The Hall–Kier alpha value is -3.27. The van der Waals surface area contributed by atoms with E-state index in [0.717, 1.165) is 23.4 Å². The van der Waals surface area contributed by atoms with Gasteiger partial charge in [-0.25, -0.2) is 0 Å². The van der Waals surface area contributed by atoms with E-state index in [2.05, 4.69) is 12.2 Å². The molecule has 1 N–H and O–H groups in total. The summed E-state index contributed by atoms with van der Waals surface area (Å²) in [6.07, 6.45) is 0.869. The van der Waals surface area contributed by atoms with Gasteiger partial charge in [-0.3, -0.25) is 4.79 Å². The number of aryl methyl sites for hydroxylation is 1. The van der Waals surface area contributed by atoms with Crippen LogP contribution in [0.1, 0.15) is 22.8 Å². The lowest BCUT2D eigenvalue weighted by Gasteiger charge is -2.11. The maximum Gasteiger partial charge on any atom is 0.255 e. The molecule has 0 aliphatic heterocycles. The molecule has 138 valence electrons. The summed E-state index contributed by atoms with van der Waals surface area (Å²) in [5, 5.41) is 2.97. The van der Waals surface area contributed by atoms with E-state index in [-0.39, 0.29) is 5.91 Å². The average molecular weight is 361 g/mol. The minimum absolute atomic E-state index is 0.130. The highest BCUT2D eigenvalue weighted by Crippen LogP contribution is 2.18. The van der Waals surface area contributed by atoms with Crippen molar-refractivity contribution in [1.82, 2.24) is 0 Å². The van der Waals surface area contributed by atoms with Gasteiger partial charge in [0.2, 0.25) is 0 Å². The molecule has 0 bridgehead atoms. The van der Waals surface area contributed by atoms with Gasteiger partial charge >= 0.3 is 0 Å². The summed E-state index contributed by atoms with van der Waals surface area (Å²) in [5.74, 6) is 1.40. The number of benzene rings is 3. The number of nitrogens with one attached hydrogen (secondary N) is 1. The van der Waals surface area contributed by atoms with Crippen LogP contribution in [-0.4, -0.2) is 19.1 Å². The van der Waals surface area contributed by atoms with Gasteiger partial charge < -0.3 is 14.8 Å². The van der Waals surface area contributed by atoms with Crippen LogP contribution in [0.25, 0.3) is 0 Å². The van der Waals surface area contributed by atoms with E-state index >= 15 is 0 Å². The lowest BCUT2D eigenvalue weighted by molar-refractivity contribution is 0.102. The summed E-state index contributed by atoms with van der Waals surface area (Å²) in [5.41, 5.74) is 2.56. The van der Waals surface area contributed by atoms with Gasteiger partial charge in [0.05, 0.1) is 0 Å². The predicted molar refractivity (Wildman–Crippen MR) is 108 cm³/mol. The van der Waals surface area contributed by atoms with Crippen molar-refractivity contribution in [3.05, 3.63) is 90.0 Å². The van der Waals surface area contributed by atoms with Gasteiger partial charge in [0.1, 0.15) is 24.7 Å². The molecule has 3 rings (SSSR count). The van der Waals surface area contributed by atoms with Gasteiger partial charge in [-0.2, -0.15) is 0 Å². The average Bonchev–Trinajstić information content (AvgIpc) is 2.73. The van der Waals surface area contributed by atoms with E-state index in [1.807, 2.05) is 54.6 Å². The highest BCUT2D eigenvalue weighted by molar-refractivity contribution is 6.04. The third-order valence-corrected chi connectivity index (χ3v) is 4.13. The molecule has 1 amide bonds. The number of para-hydroxylation sites is 2. The number of amides is 1. The van der Waals surface area contributed by atoms with Crippen molar-refractivity contribution in [2.75, 3.05) is 18.5 Å². The normalized spacial score (nSPS) is 10.3. The monoisotopic (exact) mass is 361 g/mol. The largest absolute Gasteiger partial charge is 0.490 e. The molecule has 0 saturated carbocycles. The Labute approximate surface area is 159 Å². The molecule has 0 aromatic heterocycles. The molecule has 3 aromatic rings. The topological polar surface area (TPSA) is 47.6 Å². The van der Waals surface area contributed by atoms with Crippen LogP contribution in [-0.2, 0) is 6.42 Å². The molecular weight excluding hydrogens is 338 g/mol. The summed E-state index contributed by atoms with van der Waals surface area (Å²) in [4.78, 5) is 12.4. The fourth-order valence-electron chi connectivity index (χ4n) is 2.68. The zero-order valence-corrected chi connectivity index (χ0v) is 15.4. The number of hydrogen-bond donors (Lipinski definition) is 1. The number of carbonyl (C=O) groups is 1. The van der Waals surface area contributed by atoms with E-state index in [9.17, 15) is 4.79 Å². The van der Waals surface area contributed by atoms with E-state index in [4.69, 9.17) is 9.47 Å². The first-order chi connectivity index (χ1) is 13.3. The van der Waals surface area contributed by atoms with Crippen LogP contribution in [0.2, 0.25) is 0 Å². The Bertz CT molecular complexity index is 860. The van der Waals surface area contributed by atoms with Gasteiger partial charge in [0, 0.05) is 11.3 Å². The van der Waals surface area contributed by atoms with Crippen molar-refractivity contribution < 1.29 is 14.3 Å². The van der Waals surface area contributed by atoms with Crippen molar-refractivity contribution in [1.29, 1.82) is 0 Å². The number of carbonyl (C=O) groups excluding carboxylic acids is 1. The first-order valence-corrected chi connectivity index (χ1v) is 9.06. The second kappa shape index (κ2) is 9.43. The van der Waals surface area contributed by atoms with Crippen LogP contribution < -0.4 is 14.8 Å². The fraction of sp³-hybridized carbons (Fsp3) is 0.174. The van der Waals surface area contributed by atoms with Gasteiger partial charge in [0.15, 0.2) is 0 Å². The number of ether oxygens (including phenoxy) is 2. The van der Waals surface area contributed by atoms with E-state index in [1.54, 1.807) is 24.3 Å². The second-order valence-corrected chi connectivity index (χ2v) is 6.00. The number of rotatable bonds is 8. The van der Waals surface area contributed by atoms with Crippen LogP contribution in [0.5, 0.6) is 11.5 Å². The van der Waals surface area contributed by atoms with Gasteiger partial charge in [-0.1, -0.05) is 43.3 Å². The Balaban J connectivity index is 1.50. The van der Waals surface area contributed by atoms with Gasteiger partial charge in [-0.05, 0) is 54.4 Å². The van der Waals surface area contributed by atoms with E-state index < -0.39 is 0 Å². The van der Waals surface area contributed by atoms with Gasteiger partial charge in [0.25, 0.3) is 5.91 Å². The fourth-order valence-corrected chi connectivity index (χ4v) is 2.68. The molecule has 0 aliphatic carbocycles. The molecule has 0 fully saturated rings. The van der Waals surface area contributed by atoms with Crippen molar-refractivity contribution in [3.63, 3.8) is 0 Å². The zero-order chi connectivity index (χ0) is 18.9. The quantitative estimate of drug-likeness (QED) is 0.577. The molecule has 4 nitrogen and oxygen atoms in total. The van der Waals surface area contributed by atoms with Crippen molar-refractivity contribution in [2.45, 2.75) is 13.3 Å².